The Morgan fingerprint density at radius 3 is 2.41 bits per heavy atom. The van der Waals surface area contributed by atoms with E-state index >= 15 is 0 Å². The molecular weight excluding hydrogens is 280 g/mol. The summed E-state index contributed by atoms with van der Waals surface area (Å²) in [6, 6.07) is -0.275. The second kappa shape index (κ2) is 7.92. The molecule has 6 nitrogen and oxygen atoms in total. The van der Waals surface area contributed by atoms with Gasteiger partial charge in [-0.15, -0.1) is 0 Å². The molecule has 0 radical (unpaired) electrons. The number of carbonyl (C=O) groups excluding carboxylic acids is 2. The summed E-state index contributed by atoms with van der Waals surface area (Å²) in [5.41, 5.74) is 4.82. The van der Waals surface area contributed by atoms with Crippen LogP contribution in [0.5, 0.6) is 0 Å². The molecule has 0 atom stereocenters. The minimum absolute atomic E-state index is 0.0782. The summed E-state index contributed by atoms with van der Waals surface area (Å²) in [4.78, 5) is 28.1. The number of carbonyl (C=O) groups is 2. The van der Waals surface area contributed by atoms with E-state index in [1.807, 2.05) is 0 Å². The Morgan fingerprint density at radius 1 is 1.09 bits per heavy atom. The van der Waals surface area contributed by atoms with Crippen molar-refractivity contribution in [3.8, 4) is 0 Å². The minimum Gasteiger partial charge on any atom is -0.329 e. The molecule has 2 aliphatic heterocycles. The number of nitrogens with zero attached hydrogens (tertiary/aromatic N) is 2. The Bertz CT molecular complexity index is 392. The number of hydrogen-bond acceptors (Lipinski definition) is 4. The zero-order chi connectivity index (χ0) is 16.0. The lowest BCUT2D eigenvalue weighted by molar-refractivity contribution is -0.132. The van der Waals surface area contributed by atoms with E-state index in [1.54, 1.807) is 0 Å². The zero-order valence-corrected chi connectivity index (χ0v) is 13.8. The van der Waals surface area contributed by atoms with Crippen molar-refractivity contribution in [3.05, 3.63) is 0 Å². The van der Waals surface area contributed by atoms with Crippen LogP contribution in [-0.2, 0) is 4.79 Å². The van der Waals surface area contributed by atoms with Gasteiger partial charge in [0.15, 0.2) is 0 Å². The van der Waals surface area contributed by atoms with Gasteiger partial charge in [-0.05, 0) is 25.8 Å². The number of nitrogens with two attached hydrogens (primary N) is 1. The van der Waals surface area contributed by atoms with Crippen LogP contribution in [0, 0.1) is 0 Å². The molecule has 0 aromatic carbocycles. The van der Waals surface area contributed by atoms with Gasteiger partial charge in [-0.25, -0.2) is 4.79 Å². The summed E-state index contributed by atoms with van der Waals surface area (Å²) in [5.74, 6) is -0.0782. The van der Waals surface area contributed by atoms with Crippen molar-refractivity contribution >= 4 is 11.9 Å². The average molecular weight is 310 g/mol. The second-order valence-electron chi connectivity index (χ2n) is 6.51. The maximum absolute atomic E-state index is 12.5. The quantitative estimate of drug-likeness (QED) is 0.523. The van der Waals surface area contributed by atoms with Gasteiger partial charge in [-0.2, -0.15) is 0 Å². The van der Waals surface area contributed by atoms with Crippen molar-refractivity contribution in [3.63, 3.8) is 0 Å². The number of amides is 3. The summed E-state index contributed by atoms with van der Waals surface area (Å²) in [7, 11) is 0. The van der Waals surface area contributed by atoms with Crippen LogP contribution in [0.4, 0.5) is 4.79 Å². The molecule has 0 aromatic heterocycles. The molecule has 0 aromatic rings. The lowest BCUT2D eigenvalue weighted by Crippen LogP contribution is -2.55. The highest BCUT2D eigenvalue weighted by Crippen LogP contribution is 2.29. The fourth-order valence-electron chi connectivity index (χ4n) is 3.44. The predicted octanol–water partition coefficient (Wildman–Crippen LogP) is 1.30. The fourth-order valence-corrected chi connectivity index (χ4v) is 3.44. The molecule has 0 unspecified atom stereocenters. The van der Waals surface area contributed by atoms with E-state index in [-0.39, 0.29) is 11.9 Å². The first-order valence-electron chi connectivity index (χ1n) is 8.69. The fraction of sp³-hybridized carbons (Fsp3) is 0.875. The van der Waals surface area contributed by atoms with E-state index in [0.717, 1.165) is 19.6 Å². The Kier molecular flexibility index (Phi) is 6.20. The molecule has 3 N–H and O–H groups in total. The van der Waals surface area contributed by atoms with Gasteiger partial charge in [-0.3, -0.25) is 9.69 Å². The number of piperidine rings is 1. The monoisotopic (exact) mass is 310 g/mol. The van der Waals surface area contributed by atoms with Gasteiger partial charge in [0.2, 0.25) is 0 Å². The minimum atomic E-state index is -0.662. The summed E-state index contributed by atoms with van der Waals surface area (Å²) in [6.45, 7) is 5.73. The number of rotatable bonds is 8. The Labute approximate surface area is 133 Å². The first kappa shape index (κ1) is 17.2. The molecule has 2 rings (SSSR count). The molecular formula is C16H30N4O2. The van der Waals surface area contributed by atoms with Gasteiger partial charge in [0.1, 0.15) is 5.54 Å². The second-order valence-corrected chi connectivity index (χ2v) is 6.51. The SMILES string of the molecule is CCCCCCCN1CCC2(CC1)NC(=O)N(CCN)C2=O. The van der Waals surface area contributed by atoms with E-state index in [4.69, 9.17) is 5.73 Å². The average Bonchev–Trinajstić information content (AvgIpc) is 2.74. The van der Waals surface area contributed by atoms with Crippen molar-refractivity contribution in [2.45, 2.75) is 57.4 Å². The van der Waals surface area contributed by atoms with Crippen LogP contribution in [0.3, 0.4) is 0 Å². The van der Waals surface area contributed by atoms with Crippen molar-refractivity contribution in [1.29, 1.82) is 0 Å². The summed E-state index contributed by atoms with van der Waals surface area (Å²) in [6.07, 6.45) is 7.86. The lowest BCUT2D eigenvalue weighted by atomic mass is 9.87. The maximum atomic E-state index is 12.5. The predicted molar refractivity (Wildman–Crippen MR) is 86.5 cm³/mol. The molecule has 3 amide bonds. The Balaban J connectivity index is 1.77. The van der Waals surface area contributed by atoms with Crippen LogP contribution < -0.4 is 11.1 Å². The third-order valence-electron chi connectivity index (χ3n) is 4.89. The van der Waals surface area contributed by atoms with Gasteiger partial charge in [0, 0.05) is 26.2 Å². The van der Waals surface area contributed by atoms with Crippen molar-refractivity contribution in [2.75, 3.05) is 32.7 Å². The molecule has 0 saturated carbocycles. The normalized spacial score (nSPS) is 21.6. The molecule has 0 aliphatic carbocycles. The number of hydrogen-bond donors (Lipinski definition) is 2. The Morgan fingerprint density at radius 2 is 1.77 bits per heavy atom. The van der Waals surface area contributed by atoms with Crippen molar-refractivity contribution in [2.24, 2.45) is 5.73 Å². The number of likely N-dealkylation sites (tertiary alicyclic amines) is 1. The summed E-state index contributed by atoms with van der Waals surface area (Å²) >= 11 is 0. The topological polar surface area (TPSA) is 78.7 Å². The van der Waals surface area contributed by atoms with E-state index in [2.05, 4.69) is 17.1 Å². The molecule has 22 heavy (non-hydrogen) atoms. The van der Waals surface area contributed by atoms with E-state index in [1.165, 1.54) is 37.0 Å². The largest absolute Gasteiger partial charge is 0.329 e. The van der Waals surface area contributed by atoms with E-state index < -0.39 is 5.54 Å². The van der Waals surface area contributed by atoms with E-state index in [9.17, 15) is 9.59 Å². The maximum Gasteiger partial charge on any atom is 0.325 e. The van der Waals surface area contributed by atoms with Gasteiger partial charge in [0.25, 0.3) is 5.91 Å². The molecule has 2 heterocycles. The highest BCUT2D eigenvalue weighted by molar-refractivity contribution is 6.07. The van der Waals surface area contributed by atoms with Gasteiger partial charge < -0.3 is 16.0 Å². The number of imide groups is 1. The van der Waals surface area contributed by atoms with Crippen molar-refractivity contribution < 1.29 is 9.59 Å². The molecule has 126 valence electrons. The standard InChI is InChI=1S/C16H30N4O2/c1-2-3-4-5-6-10-19-11-7-16(8-12-19)14(21)20(13-9-17)15(22)18-16/h2-13,17H2,1H3,(H,18,22). The van der Waals surface area contributed by atoms with Crippen LogP contribution in [0.1, 0.15) is 51.9 Å². The van der Waals surface area contributed by atoms with Crippen LogP contribution in [0.25, 0.3) is 0 Å². The van der Waals surface area contributed by atoms with E-state index in [0.29, 0.717) is 25.9 Å². The van der Waals surface area contributed by atoms with Crippen LogP contribution >= 0.6 is 0 Å². The molecule has 6 heteroatoms. The zero-order valence-electron chi connectivity index (χ0n) is 13.8. The summed E-state index contributed by atoms with van der Waals surface area (Å²) < 4.78 is 0. The van der Waals surface area contributed by atoms with Crippen LogP contribution in [0.2, 0.25) is 0 Å². The smallest absolute Gasteiger partial charge is 0.325 e. The molecule has 2 aliphatic rings. The molecule has 1 spiro atoms. The molecule has 2 saturated heterocycles. The number of urea groups is 1. The highest BCUT2D eigenvalue weighted by Gasteiger charge is 2.51. The lowest BCUT2D eigenvalue weighted by Gasteiger charge is -2.37. The third kappa shape index (κ3) is 3.79. The summed E-state index contributed by atoms with van der Waals surface area (Å²) in [5, 5.41) is 2.91. The van der Waals surface area contributed by atoms with Gasteiger partial charge in [-0.1, -0.05) is 32.6 Å². The first-order valence-corrected chi connectivity index (χ1v) is 8.69. The molecule has 2 fully saturated rings. The van der Waals surface area contributed by atoms with Crippen LogP contribution in [0.15, 0.2) is 0 Å². The number of unbranched alkanes of at least 4 members (excludes halogenated alkanes) is 4. The van der Waals surface area contributed by atoms with Gasteiger partial charge >= 0.3 is 6.03 Å². The van der Waals surface area contributed by atoms with Crippen molar-refractivity contribution in [1.82, 2.24) is 15.1 Å². The van der Waals surface area contributed by atoms with Gasteiger partial charge in [0.05, 0.1) is 0 Å². The van der Waals surface area contributed by atoms with Crippen LogP contribution in [-0.4, -0.2) is 60.0 Å². The number of nitrogens with one attached hydrogen (secondary N) is 1. The first-order chi connectivity index (χ1) is 10.6. The Hall–Kier alpha value is -1.14. The highest BCUT2D eigenvalue weighted by atomic mass is 16.2. The third-order valence-corrected chi connectivity index (χ3v) is 4.89. The molecule has 0 bridgehead atoms.